The Bertz CT molecular complexity index is 203. The van der Waals surface area contributed by atoms with Gasteiger partial charge in [0.05, 0.1) is 15.4 Å². The molecule has 0 unspecified atom stereocenters. The van der Waals surface area contributed by atoms with Gasteiger partial charge in [0.25, 0.3) is 0 Å². The molecule has 0 aliphatic heterocycles. The van der Waals surface area contributed by atoms with Crippen molar-refractivity contribution in [3.05, 3.63) is 30.1 Å². The van der Waals surface area contributed by atoms with Crippen molar-refractivity contribution in [2.75, 3.05) is 0 Å². The molecule has 0 aromatic carbocycles. The van der Waals surface area contributed by atoms with E-state index < -0.39 is 0 Å². The van der Waals surface area contributed by atoms with Crippen LogP contribution < -0.4 is 4.98 Å². The Morgan fingerprint density at radius 2 is 2.42 bits per heavy atom. The molecule has 0 aliphatic rings. The fraction of sp³-hybridized carbons (Fsp3) is 0.375. The topological polar surface area (TPSA) is 24.9 Å². The van der Waals surface area contributed by atoms with Gasteiger partial charge in [-0.3, -0.25) is 4.98 Å². The Labute approximate surface area is 79.1 Å². The normalized spacial score (nSPS) is 11.3. The summed E-state index contributed by atoms with van der Waals surface area (Å²) in [5.74, 6) is 0. The molecule has 0 amide bonds. The Balaban J connectivity index is 2.16. The number of hydrogen-bond acceptors (Lipinski definition) is 2. The third-order valence-electron chi connectivity index (χ3n) is 1.74. The number of aromatic nitrogens is 1. The third-order valence-corrected chi connectivity index (χ3v) is 5.52. The molecule has 1 aromatic heterocycles. The average Bonchev–Trinajstić information content (AvgIpc) is 2.14. The van der Waals surface area contributed by atoms with Crippen molar-refractivity contribution < 1.29 is 0 Å². The van der Waals surface area contributed by atoms with Gasteiger partial charge in [-0.05, 0) is 12.1 Å². The first-order valence-electron chi connectivity index (χ1n) is 4.54. The van der Waals surface area contributed by atoms with Gasteiger partial charge in [-0.1, -0.05) is 18.2 Å². The number of nitrogens with one attached hydrogen (secondary N) is 1. The van der Waals surface area contributed by atoms with Gasteiger partial charge in [0.15, 0.2) is 0 Å². The maximum atomic E-state index is 4.24. The van der Waals surface area contributed by atoms with Crippen LogP contribution in [0.25, 0.3) is 0 Å². The minimum absolute atomic E-state index is 0.0122. The smallest absolute Gasteiger partial charge is 0.0917 e. The molecule has 1 heterocycles. The van der Waals surface area contributed by atoms with E-state index in [1.165, 1.54) is 28.0 Å². The van der Waals surface area contributed by atoms with Crippen LogP contribution in [0.1, 0.15) is 5.69 Å². The first-order valence-corrected chi connectivity index (χ1v) is 7.66. The van der Waals surface area contributed by atoms with Crippen LogP contribution in [0.4, 0.5) is 0 Å². The number of pyridine rings is 1. The second-order valence-electron chi connectivity index (χ2n) is 2.85. The molecule has 2 nitrogen and oxygen atoms in total. The SMILES string of the molecule is [SiH3]CC[SiH2]NCc1ccccn1. The molecule has 1 rings (SSSR count). The summed E-state index contributed by atoms with van der Waals surface area (Å²) in [7, 11) is 1.37. The fourth-order valence-corrected chi connectivity index (χ4v) is 3.12. The van der Waals surface area contributed by atoms with Gasteiger partial charge in [0.2, 0.25) is 0 Å². The molecular formula is C8H16N2Si2. The van der Waals surface area contributed by atoms with Crippen molar-refractivity contribution in [2.45, 2.75) is 18.6 Å². The minimum Gasteiger partial charge on any atom is -0.337 e. The molecule has 0 fully saturated rings. The molecule has 0 saturated heterocycles. The standard InChI is InChI=1S/C8H16N2Si2/c11-5-6-12-10-7-8-3-1-2-4-9-8/h1-4,10H,5-7,12H2,11H3. The lowest BCUT2D eigenvalue weighted by molar-refractivity contribution is 0.896. The van der Waals surface area contributed by atoms with Gasteiger partial charge in [-0.2, -0.15) is 0 Å². The molecule has 0 radical (unpaired) electrons. The molecule has 0 bridgehead atoms. The summed E-state index contributed by atoms with van der Waals surface area (Å²) in [4.78, 5) is 7.75. The molecule has 66 valence electrons. The largest absolute Gasteiger partial charge is 0.337 e. The molecule has 4 heteroatoms. The van der Waals surface area contributed by atoms with Gasteiger partial charge >= 0.3 is 0 Å². The van der Waals surface area contributed by atoms with E-state index in [9.17, 15) is 0 Å². The van der Waals surface area contributed by atoms with Gasteiger partial charge < -0.3 is 4.98 Å². The summed E-state index contributed by atoms with van der Waals surface area (Å²) in [5.41, 5.74) is 1.17. The van der Waals surface area contributed by atoms with Crippen LogP contribution >= 0.6 is 0 Å². The first kappa shape index (κ1) is 9.63. The fourth-order valence-electron chi connectivity index (χ4n) is 1.02. The zero-order valence-corrected chi connectivity index (χ0v) is 11.0. The Kier molecular flexibility index (Phi) is 4.90. The summed E-state index contributed by atoms with van der Waals surface area (Å²) >= 11 is 0. The highest BCUT2D eigenvalue weighted by molar-refractivity contribution is 6.33. The van der Waals surface area contributed by atoms with E-state index in [-0.39, 0.29) is 9.68 Å². The van der Waals surface area contributed by atoms with Crippen molar-refractivity contribution in [1.82, 2.24) is 9.97 Å². The molecule has 0 atom stereocenters. The Hall–Kier alpha value is -0.456. The number of rotatable bonds is 5. The van der Waals surface area contributed by atoms with E-state index in [1.54, 1.807) is 0 Å². The van der Waals surface area contributed by atoms with E-state index >= 15 is 0 Å². The highest BCUT2D eigenvalue weighted by atomic mass is 28.2. The van der Waals surface area contributed by atoms with Crippen molar-refractivity contribution >= 4 is 19.9 Å². The average molecular weight is 196 g/mol. The van der Waals surface area contributed by atoms with Gasteiger partial charge in [0, 0.05) is 23.0 Å². The lowest BCUT2D eigenvalue weighted by Crippen LogP contribution is -2.18. The molecule has 12 heavy (non-hydrogen) atoms. The van der Waals surface area contributed by atoms with E-state index in [4.69, 9.17) is 0 Å². The van der Waals surface area contributed by atoms with Gasteiger partial charge in [-0.25, -0.2) is 0 Å². The maximum absolute atomic E-state index is 4.24. The summed E-state index contributed by atoms with van der Waals surface area (Å²) in [6.45, 7) is 0.967. The lowest BCUT2D eigenvalue weighted by Gasteiger charge is -2.01. The maximum Gasteiger partial charge on any atom is 0.0917 e. The number of nitrogens with zero attached hydrogens (tertiary/aromatic N) is 1. The summed E-state index contributed by atoms with van der Waals surface area (Å²) in [6.07, 6.45) is 1.85. The van der Waals surface area contributed by atoms with Crippen LogP contribution in [-0.2, 0) is 6.54 Å². The van der Waals surface area contributed by atoms with Crippen molar-refractivity contribution in [3.63, 3.8) is 0 Å². The zero-order valence-electron chi connectivity index (χ0n) is 7.59. The van der Waals surface area contributed by atoms with E-state index in [2.05, 4.69) is 16.0 Å². The summed E-state index contributed by atoms with van der Waals surface area (Å²) in [6, 6.07) is 8.96. The van der Waals surface area contributed by atoms with Crippen LogP contribution in [0.15, 0.2) is 24.4 Å². The molecule has 1 aromatic rings. The van der Waals surface area contributed by atoms with E-state index in [0.717, 1.165) is 6.54 Å². The van der Waals surface area contributed by atoms with Crippen LogP contribution in [-0.4, -0.2) is 24.9 Å². The minimum atomic E-state index is 0.0122. The third kappa shape index (κ3) is 3.80. The van der Waals surface area contributed by atoms with Gasteiger partial charge in [-0.15, -0.1) is 0 Å². The zero-order chi connectivity index (χ0) is 8.65. The molecule has 0 aliphatic carbocycles. The van der Waals surface area contributed by atoms with Crippen molar-refractivity contribution in [3.8, 4) is 0 Å². The molecule has 0 spiro atoms. The number of hydrogen-bond donors (Lipinski definition) is 1. The highest BCUT2D eigenvalue weighted by Gasteiger charge is 1.90. The molecule has 0 saturated carbocycles. The Morgan fingerprint density at radius 3 is 3.08 bits per heavy atom. The second kappa shape index (κ2) is 6.10. The second-order valence-corrected chi connectivity index (χ2v) is 5.56. The van der Waals surface area contributed by atoms with Crippen LogP contribution in [0.2, 0.25) is 12.1 Å². The highest BCUT2D eigenvalue weighted by Crippen LogP contribution is 1.91. The van der Waals surface area contributed by atoms with Crippen molar-refractivity contribution in [2.24, 2.45) is 0 Å². The van der Waals surface area contributed by atoms with E-state index in [1.807, 2.05) is 18.3 Å². The van der Waals surface area contributed by atoms with Crippen LogP contribution in [0.5, 0.6) is 0 Å². The van der Waals surface area contributed by atoms with E-state index in [0.29, 0.717) is 0 Å². The monoisotopic (exact) mass is 196 g/mol. The lowest BCUT2D eigenvalue weighted by atomic mass is 10.4. The summed E-state index contributed by atoms with van der Waals surface area (Å²) < 4.78 is 0. The quantitative estimate of drug-likeness (QED) is 0.505. The van der Waals surface area contributed by atoms with Crippen LogP contribution in [0.3, 0.4) is 0 Å². The predicted molar refractivity (Wildman–Crippen MR) is 59.2 cm³/mol. The predicted octanol–water partition coefficient (Wildman–Crippen LogP) is -0.543. The molecular weight excluding hydrogens is 180 g/mol. The Morgan fingerprint density at radius 1 is 1.50 bits per heavy atom. The molecule has 1 N–H and O–H groups in total. The van der Waals surface area contributed by atoms with Crippen molar-refractivity contribution in [1.29, 1.82) is 0 Å². The van der Waals surface area contributed by atoms with Crippen LogP contribution in [0, 0.1) is 0 Å². The first-order chi connectivity index (χ1) is 5.93. The summed E-state index contributed by atoms with van der Waals surface area (Å²) in [5, 5.41) is 0. The van der Waals surface area contributed by atoms with Gasteiger partial charge in [0.1, 0.15) is 0 Å².